The van der Waals surface area contributed by atoms with E-state index in [-0.39, 0.29) is 0 Å². The number of nitrogens with one attached hydrogen (secondary N) is 2. The van der Waals surface area contributed by atoms with Crippen molar-refractivity contribution in [2.45, 2.75) is 0 Å². The maximum Gasteiger partial charge on any atom is 0.0998 e. The summed E-state index contributed by atoms with van der Waals surface area (Å²) in [5.41, 5.74) is 7.93. The van der Waals surface area contributed by atoms with Crippen molar-refractivity contribution in [1.82, 2.24) is 10.3 Å². The molecule has 34 valence electrons. The lowest BCUT2D eigenvalue weighted by Crippen LogP contribution is -2.11. The van der Waals surface area contributed by atoms with Crippen LogP contribution in [0.25, 0.3) is 0 Å². The first-order valence-corrected chi connectivity index (χ1v) is 2.34. The highest BCUT2D eigenvalue weighted by molar-refractivity contribution is 8.01. The standard InChI is InChI=1S/C2H5N3S/c3-2-1-4-5-6-2/h1,4-5H,3H2. The van der Waals surface area contributed by atoms with Crippen LogP contribution in [0.2, 0.25) is 0 Å². The van der Waals surface area contributed by atoms with E-state index in [0.29, 0.717) is 0 Å². The predicted octanol–water partition coefficient (Wildman–Crippen LogP) is -0.500. The van der Waals surface area contributed by atoms with E-state index in [0.717, 1.165) is 5.03 Å². The molecular formula is C2H5N3S. The van der Waals surface area contributed by atoms with Crippen LogP contribution in [0, 0.1) is 0 Å². The molecule has 4 heteroatoms. The molecule has 0 aromatic carbocycles. The van der Waals surface area contributed by atoms with Gasteiger partial charge in [-0.1, -0.05) is 0 Å². The zero-order valence-electron chi connectivity index (χ0n) is 3.06. The topological polar surface area (TPSA) is 50.1 Å². The normalized spacial score (nSPS) is 19.7. The Morgan fingerprint density at radius 1 is 1.83 bits per heavy atom. The molecule has 0 bridgehead atoms. The van der Waals surface area contributed by atoms with Gasteiger partial charge in [-0.15, -0.1) is 0 Å². The van der Waals surface area contributed by atoms with Crippen LogP contribution in [-0.2, 0) is 0 Å². The highest BCUT2D eigenvalue weighted by Gasteiger charge is 1.93. The molecule has 0 saturated heterocycles. The van der Waals surface area contributed by atoms with Crippen molar-refractivity contribution in [3.63, 3.8) is 0 Å². The van der Waals surface area contributed by atoms with Crippen LogP contribution in [0.4, 0.5) is 0 Å². The minimum Gasteiger partial charge on any atom is -0.391 e. The molecule has 3 nitrogen and oxygen atoms in total. The van der Waals surface area contributed by atoms with Gasteiger partial charge in [0.05, 0.1) is 5.03 Å². The SMILES string of the molecule is NC1=CNNS1. The average Bonchev–Trinajstić information content (AvgIpc) is 1.86. The monoisotopic (exact) mass is 103 g/mol. The van der Waals surface area contributed by atoms with Gasteiger partial charge < -0.3 is 11.2 Å². The lowest BCUT2D eigenvalue weighted by atomic mass is 10.9. The van der Waals surface area contributed by atoms with Gasteiger partial charge in [0, 0.05) is 6.20 Å². The largest absolute Gasteiger partial charge is 0.391 e. The van der Waals surface area contributed by atoms with Crippen molar-refractivity contribution in [2.24, 2.45) is 5.73 Å². The zero-order valence-corrected chi connectivity index (χ0v) is 3.88. The Kier molecular flexibility index (Phi) is 0.894. The van der Waals surface area contributed by atoms with Crippen LogP contribution < -0.4 is 16.0 Å². The summed E-state index contributed by atoms with van der Waals surface area (Å²) in [4.78, 5) is 2.72. The summed E-state index contributed by atoms with van der Waals surface area (Å²) in [5, 5.41) is 0.773. The molecule has 1 heterocycles. The Labute approximate surface area is 40.1 Å². The second kappa shape index (κ2) is 1.40. The summed E-state index contributed by atoms with van der Waals surface area (Å²) in [6.45, 7) is 0. The number of hydrogen-bond acceptors (Lipinski definition) is 4. The molecule has 0 spiro atoms. The summed E-state index contributed by atoms with van der Waals surface area (Å²) in [6, 6.07) is 0. The number of nitrogens with two attached hydrogens (primary N) is 1. The quantitative estimate of drug-likeness (QED) is 0.362. The van der Waals surface area contributed by atoms with E-state index < -0.39 is 0 Å². The molecule has 1 rings (SSSR count). The lowest BCUT2D eigenvalue weighted by Gasteiger charge is -1.83. The van der Waals surface area contributed by atoms with E-state index in [1.165, 1.54) is 11.9 Å². The second-order valence-electron chi connectivity index (χ2n) is 0.895. The summed E-state index contributed by atoms with van der Waals surface area (Å²) in [7, 11) is 0. The Morgan fingerprint density at radius 3 is 2.83 bits per heavy atom. The van der Waals surface area contributed by atoms with Gasteiger partial charge >= 0.3 is 0 Å². The molecule has 1 aliphatic rings. The number of hydrazine groups is 1. The van der Waals surface area contributed by atoms with E-state index in [1.54, 1.807) is 6.20 Å². The van der Waals surface area contributed by atoms with Crippen molar-refractivity contribution < 1.29 is 0 Å². The van der Waals surface area contributed by atoms with Gasteiger partial charge in [0.15, 0.2) is 0 Å². The fourth-order valence-corrected chi connectivity index (χ4v) is 0.572. The third kappa shape index (κ3) is 0.580. The second-order valence-corrected chi connectivity index (χ2v) is 1.77. The molecule has 0 aliphatic carbocycles. The number of rotatable bonds is 0. The maximum atomic E-state index is 5.23. The molecule has 0 aromatic heterocycles. The van der Waals surface area contributed by atoms with Crippen molar-refractivity contribution in [2.75, 3.05) is 0 Å². The first kappa shape index (κ1) is 3.83. The highest BCUT2D eigenvalue weighted by Crippen LogP contribution is 2.04. The Bertz CT molecular complexity index is 78.9. The van der Waals surface area contributed by atoms with Crippen LogP contribution in [-0.4, -0.2) is 0 Å². The average molecular weight is 103 g/mol. The summed E-state index contributed by atoms with van der Waals surface area (Å²) < 4.78 is 0. The Hall–Kier alpha value is -0.350. The molecule has 0 atom stereocenters. The van der Waals surface area contributed by atoms with Crippen molar-refractivity contribution in [1.29, 1.82) is 0 Å². The fraction of sp³-hybridized carbons (Fsp3) is 0. The van der Waals surface area contributed by atoms with Crippen LogP contribution in [0.15, 0.2) is 11.2 Å². The highest BCUT2D eigenvalue weighted by atomic mass is 32.2. The van der Waals surface area contributed by atoms with Crippen LogP contribution in [0.1, 0.15) is 0 Å². The minimum atomic E-state index is 0.773. The minimum absolute atomic E-state index is 0.773. The van der Waals surface area contributed by atoms with Crippen molar-refractivity contribution >= 4 is 11.9 Å². The number of hydrogen-bond donors (Lipinski definition) is 3. The molecule has 0 amide bonds. The summed E-state index contributed by atoms with van der Waals surface area (Å²) >= 11 is 1.37. The van der Waals surface area contributed by atoms with Gasteiger partial charge in [-0.3, -0.25) is 0 Å². The Morgan fingerprint density at radius 2 is 2.67 bits per heavy atom. The third-order valence-electron chi connectivity index (χ3n) is 0.442. The molecular weight excluding hydrogens is 98.1 g/mol. The van der Waals surface area contributed by atoms with E-state index in [1.807, 2.05) is 0 Å². The molecule has 1 aliphatic heterocycles. The van der Waals surface area contributed by atoms with E-state index in [4.69, 9.17) is 5.73 Å². The van der Waals surface area contributed by atoms with Crippen LogP contribution >= 0.6 is 11.9 Å². The first-order valence-electron chi connectivity index (χ1n) is 1.52. The third-order valence-corrected chi connectivity index (χ3v) is 1.02. The molecule has 0 aromatic rings. The van der Waals surface area contributed by atoms with E-state index in [2.05, 4.69) is 10.3 Å². The van der Waals surface area contributed by atoms with E-state index >= 15 is 0 Å². The summed E-state index contributed by atoms with van der Waals surface area (Å²) in [5.74, 6) is 0. The van der Waals surface area contributed by atoms with Crippen LogP contribution in [0.3, 0.4) is 0 Å². The predicted molar refractivity (Wildman–Crippen MR) is 26.1 cm³/mol. The molecule has 0 radical (unpaired) electrons. The molecule has 0 saturated carbocycles. The maximum absolute atomic E-state index is 5.23. The molecule has 4 N–H and O–H groups in total. The van der Waals surface area contributed by atoms with E-state index in [9.17, 15) is 0 Å². The molecule has 0 unspecified atom stereocenters. The van der Waals surface area contributed by atoms with Crippen molar-refractivity contribution in [3.8, 4) is 0 Å². The van der Waals surface area contributed by atoms with Gasteiger partial charge in [0.1, 0.15) is 0 Å². The van der Waals surface area contributed by atoms with Gasteiger partial charge in [-0.05, 0) is 11.9 Å². The smallest absolute Gasteiger partial charge is 0.0998 e. The fourth-order valence-electron chi connectivity index (χ4n) is 0.218. The van der Waals surface area contributed by atoms with Gasteiger partial charge in [0.25, 0.3) is 0 Å². The lowest BCUT2D eigenvalue weighted by molar-refractivity contribution is 0.894. The Balaban J connectivity index is 2.45. The van der Waals surface area contributed by atoms with Gasteiger partial charge in [-0.25, -0.2) is 0 Å². The van der Waals surface area contributed by atoms with Crippen LogP contribution in [0.5, 0.6) is 0 Å². The molecule has 0 fully saturated rings. The summed E-state index contributed by atoms with van der Waals surface area (Å²) in [6.07, 6.45) is 1.70. The zero-order chi connectivity index (χ0) is 4.41. The van der Waals surface area contributed by atoms with Gasteiger partial charge in [0.2, 0.25) is 0 Å². The first-order chi connectivity index (χ1) is 2.89. The van der Waals surface area contributed by atoms with Gasteiger partial charge in [-0.2, -0.15) is 4.83 Å². The molecule has 6 heavy (non-hydrogen) atoms. The van der Waals surface area contributed by atoms with Crippen molar-refractivity contribution in [3.05, 3.63) is 11.2 Å².